The molecule has 1 heterocycles. The number of halogens is 2. The number of benzene rings is 2. The van der Waals surface area contributed by atoms with E-state index in [-0.39, 0.29) is 46.1 Å². The van der Waals surface area contributed by atoms with Crippen molar-refractivity contribution in [3.8, 4) is 5.75 Å². The third-order valence-corrected chi connectivity index (χ3v) is 9.13. The van der Waals surface area contributed by atoms with E-state index in [4.69, 9.17) is 43.6 Å². The number of methoxy groups -OCH3 is 1. The molecule has 41 heavy (non-hydrogen) atoms. The molecule has 0 aliphatic carbocycles. The molecule has 1 unspecified atom stereocenters. The van der Waals surface area contributed by atoms with Crippen LogP contribution < -0.4 is 26.0 Å². The molecule has 12 nitrogen and oxygen atoms in total. The van der Waals surface area contributed by atoms with E-state index in [1.54, 1.807) is 41.1 Å². The number of para-hydroxylation sites is 1. The monoisotopic (exact) mass is 624 g/mol. The summed E-state index contributed by atoms with van der Waals surface area (Å²) in [5.41, 5.74) is 5.34. The molecule has 2 aromatic rings. The fraction of sp³-hybridized carbons (Fsp3) is 0.308. The van der Waals surface area contributed by atoms with Crippen LogP contribution in [0.4, 0.5) is 0 Å². The van der Waals surface area contributed by atoms with Gasteiger partial charge in [-0.25, -0.2) is 14.3 Å². The van der Waals surface area contributed by atoms with Gasteiger partial charge < -0.3 is 31.0 Å². The molecule has 1 aliphatic heterocycles. The predicted molar refractivity (Wildman–Crippen MR) is 156 cm³/mol. The second-order valence-electron chi connectivity index (χ2n) is 9.02. The Kier molecular flexibility index (Phi) is 11.3. The first kappa shape index (κ1) is 32.1. The van der Waals surface area contributed by atoms with Gasteiger partial charge in [-0.15, -0.1) is 0 Å². The number of carbonyl (C=O) groups is 3. The van der Waals surface area contributed by atoms with Crippen molar-refractivity contribution in [1.29, 1.82) is 5.41 Å². The molecule has 3 rings (SSSR count). The van der Waals surface area contributed by atoms with Crippen LogP contribution in [0.1, 0.15) is 30.1 Å². The number of carbonyl (C=O) groups excluding carboxylic acids is 3. The zero-order valence-corrected chi connectivity index (χ0v) is 24.8. The zero-order valence-electron chi connectivity index (χ0n) is 22.4. The highest BCUT2D eigenvalue weighted by Crippen LogP contribution is 2.48. The number of rotatable bonds is 11. The van der Waals surface area contributed by atoms with Gasteiger partial charge in [0, 0.05) is 25.3 Å². The normalized spacial score (nSPS) is 16.9. The average molecular weight is 625 g/mol. The van der Waals surface area contributed by atoms with Gasteiger partial charge >= 0.3 is 13.6 Å². The van der Waals surface area contributed by atoms with Crippen molar-refractivity contribution in [2.45, 2.75) is 31.8 Å². The number of hydrogen-bond acceptors (Lipinski definition) is 8. The number of nitrogens with one attached hydrogen (secondary N) is 4. The molecular formula is C26H31Cl2N6O6P. The SMILES string of the molecule is COC(=O)[C@H](C)NP(=O)(Oc1ccccc1)N1CCC(NC(=O)C(N)=C(C=N)NC(=O)c2c(Cl)cccc2Cl)CC1. The Morgan fingerprint density at radius 1 is 1.10 bits per heavy atom. The highest BCUT2D eigenvalue weighted by molar-refractivity contribution is 7.54. The number of ether oxygens (including phenoxy) is 1. The van der Waals surface area contributed by atoms with E-state index in [0.717, 1.165) is 6.21 Å². The van der Waals surface area contributed by atoms with E-state index in [0.29, 0.717) is 18.6 Å². The summed E-state index contributed by atoms with van der Waals surface area (Å²) < 4.78 is 26.2. The van der Waals surface area contributed by atoms with Crippen LogP contribution in [0, 0.1) is 5.41 Å². The van der Waals surface area contributed by atoms with Gasteiger partial charge in [-0.05, 0) is 44.0 Å². The fourth-order valence-electron chi connectivity index (χ4n) is 4.00. The van der Waals surface area contributed by atoms with Crippen LogP contribution in [0.5, 0.6) is 5.75 Å². The van der Waals surface area contributed by atoms with Crippen LogP contribution >= 0.6 is 30.9 Å². The van der Waals surface area contributed by atoms with Gasteiger partial charge in [-0.3, -0.25) is 14.4 Å². The van der Waals surface area contributed by atoms with Crippen molar-refractivity contribution >= 4 is 54.9 Å². The molecule has 15 heteroatoms. The Balaban J connectivity index is 1.67. The summed E-state index contributed by atoms with van der Waals surface area (Å²) in [6, 6.07) is 11.8. The van der Waals surface area contributed by atoms with E-state index >= 15 is 0 Å². The average Bonchev–Trinajstić information content (AvgIpc) is 2.95. The largest absolute Gasteiger partial charge is 0.468 e. The fourth-order valence-corrected chi connectivity index (χ4v) is 6.66. The van der Waals surface area contributed by atoms with Gasteiger partial charge in [-0.2, -0.15) is 0 Å². The maximum atomic E-state index is 14.0. The van der Waals surface area contributed by atoms with Crippen molar-refractivity contribution in [2.24, 2.45) is 5.73 Å². The van der Waals surface area contributed by atoms with Crippen molar-refractivity contribution in [3.05, 3.63) is 75.5 Å². The number of piperidine rings is 1. The maximum Gasteiger partial charge on any atom is 0.393 e. The summed E-state index contributed by atoms with van der Waals surface area (Å²) in [5, 5.41) is 15.8. The van der Waals surface area contributed by atoms with E-state index in [9.17, 15) is 18.9 Å². The standard InChI is InChI=1S/C26H31Cl2N6O6P/c1-16(26(37)39-2)33-41(38,40-18-7-4-3-5-8-18)34-13-11-17(12-14-34)31-25(36)23(30)21(15-29)32-24(35)22-19(27)9-6-10-20(22)28/h3-10,15-17,29H,11-14,30H2,1-2H3,(H,31,36)(H,32,35)(H,33,38)/t16-,41?/m0/s1. The maximum absolute atomic E-state index is 14.0. The first-order valence-electron chi connectivity index (χ1n) is 12.5. The number of hydrogen-bond donors (Lipinski definition) is 5. The molecular weight excluding hydrogens is 594 g/mol. The van der Waals surface area contributed by atoms with Gasteiger partial charge in [0.1, 0.15) is 17.5 Å². The van der Waals surface area contributed by atoms with Gasteiger partial charge in [0.2, 0.25) is 0 Å². The molecule has 0 aromatic heterocycles. The Hall–Kier alpha value is -3.41. The number of nitrogens with two attached hydrogens (primary N) is 1. The molecule has 1 fully saturated rings. The Labute approximate surface area is 247 Å². The van der Waals surface area contributed by atoms with Crippen LogP contribution in [0.25, 0.3) is 0 Å². The Bertz CT molecular complexity index is 1350. The molecule has 1 saturated heterocycles. The van der Waals surface area contributed by atoms with Gasteiger partial charge in [-0.1, -0.05) is 47.5 Å². The summed E-state index contributed by atoms with van der Waals surface area (Å²) in [6.07, 6.45) is 1.49. The minimum Gasteiger partial charge on any atom is -0.468 e. The second-order valence-corrected chi connectivity index (χ2v) is 11.9. The minimum atomic E-state index is -3.76. The lowest BCUT2D eigenvalue weighted by molar-refractivity contribution is -0.142. The summed E-state index contributed by atoms with van der Waals surface area (Å²) >= 11 is 12.1. The molecule has 0 spiro atoms. The topological polar surface area (TPSA) is 176 Å². The van der Waals surface area contributed by atoms with Crippen molar-refractivity contribution in [1.82, 2.24) is 20.4 Å². The van der Waals surface area contributed by atoms with Crippen LogP contribution in [-0.4, -0.2) is 61.0 Å². The highest BCUT2D eigenvalue weighted by atomic mass is 35.5. The van der Waals surface area contributed by atoms with Crippen LogP contribution in [0.2, 0.25) is 10.0 Å². The van der Waals surface area contributed by atoms with Crippen molar-refractivity contribution in [3.63, 3.8) is 0 Å². The lowest BCUT2D eigenvalue weighted by atomic mass is 10.1. The second kappa shape index (κ2) is 14.5. The third-order valence-electron chi connectivity index (χ3n) is 6.18. The summed E-state index contributed by atoms with van der Waals surface area (Å²) in [5.74, 6) is -1.68. The Morgan fingerprint density at radius 2 is 1.71 bits per heavy atom. The van der Waals surface area contributed by atoms with Crippen LogP contribution in [0.3, 0.4) is 0 Å². The predicted octanol–water partition coefficient (Wildman–Crippen LogP) is 3.46. The molecule has 2 amide bonds. The zero-order chi connectivity index (χ0) is 30.2. The molecule has 1 aliphatic rings. The third kappa shape index (κ3) is 8.31. The van der Waals surface area contributed by atoms with E-state index in [2.05, 4.69) is 15.7 Å². The molecule has 0 bridgehead atoms. The number of amides is 2. The Morgan fingerprint density at radius 3 is 2.27 bits per heavy atom. The number of nitrogens with zero attached hydrogens (tertiary/aromatic N) is 1. The summed E-state index contributed by atoms with van der Waals surface area (Å²) in [6.45, 7) is 2.02. The number of esters is 1. The molecule has 6 N–H and O–H groups in total. The minimum absolute atomic E-state index is 0.0203. The molecule has 0 radical (unpaired) electrons. The van der Waals surface area contributed by atoms with E-state index in [1.807, 2.05) is 0 Å². The quantitative estimate of drug-likeness (QED) is 0.108. The van der Waals surface area contributed by atoms with Gasteiger partial charge in [0.15, 0.2) is 0 Å². The lowest BCUT2D eigenvalue weighted by Crippen LogP contribution is -2.48. The van der Waals surface area contributed by atoms with Crippen LogP contribution in [0.15, 0.2) is 59.9 Å². The van der Waals surface area contributed by atoms with Crippen LogP contribution in [-0.2, 0) is 18.9 Å². The summed E-state index contributed by atoms with van der Waals surface area (Å²) in [7, 11) is -2.52. The summed E-state index contributed by atoms with van der Waals surface area (Å²) in [4.78, 5) is 37.6. The molecule has 2 aromatic carbocycles. The molecule has 220 valence electrons. The van der Waals surface area contributed by atoms with E-state index < -0.39 is 31.5 Å². The molecule has 0 saturated carbocycles. The van der Waals surface area contributed by atoms with Gasteiger partial charge in [0.25, 0.3) is 11.8 Å². The first-order chi connectivity index (χ1) is 19.5. The smallest absolute Gasteiger partial charge is 0.393 e. The van der Waals surface area contributed by atoms with Crippen molar-refractivity contribution < 1.29 is 28.2 Å². The highest BCUT2D eigenvalue weighted by Gasteiger charge is 2.39. The van der Waals surface area contributed by atoms with Crippen molar-refractivity contribution in [2.75, 3.05) is 20.2 Å². The molecule has 2 atom stereocenters. The first-order valence-corrected chi connectivity index (χ1v) is 14.8. The number of allylic oxidation sites excluding steroid dienone is 1. The van der Waals surface area contributed by atoms with E-state index in [1.165, 1.54) is 26.2 Å². The lowest BCUT2D eigenvalue weighted by Gasteiger charge is -2.37. The van der Waals surface area contributed by atoms with Gasteiger partial charge in [0.05, 0.1) is 28.4 Å².